The van der Waals surface area contributed by atoms with E-state index in [0.717, 1.165) is 13.0 Å². The topological polar surface area (TPSA) is 102 Å². The molecule has 0 aromatic carbocycles. The molecule has 0 aromatic heterocycles. The van der Waals surface area contributed by atoms with Crippen molar-refractivity contribution in [3.8, 4) is 0 Å². The van der Waals surface area contributed by atoms with Gasteiger partial charge in [0.05, 0.1) is 12.7 Å². The zero-order valence-corrected chi connectivity index (χ0v) is 11.4. The molecule has 0 aliphatic carbocycles. The average Bonchev–Trinajstić information content (AvgIpc) is 2.96. The van der Waals surface area contributed by atoms with Gasteiger partial charge in [0.1, 0.15) is 6.61 Å². The predicted molar refractivity (Wildman–Crippen MR) is 55.0 cm³/mol. The van der Waals surface area contributed by atoms with Crippen molar-refractivity contribution in [1.29, 1.82) is 0 Å². The van der Waals surface area contributed by atoms with E-state index in [1.165, 1.54) is 0 Å². The van der Waals surface area contributed by atoms with Crippen molar-refractivity contribution in [2.45, 2.75) is 26.4 Å². The van der Waals surface area contributed by atoms with Crippen LogP contribution in [0.3, 0.4) is 0 Å². The molecule has 1 rings (SSSR count). The molecule has 83 valence electrons. The van der Waals surface area contributed by atoms with E-state index in [1.54, 1.807) is 5.43 Å². The second-order valence-electron chi connectivity index (χ2n) is 2.61. The molecule has 0 saturated carbocycles. The van der Waals surface area contributed by atoms with Gasteiger partial charge in [0, 0.05) is 34.8 Å². The maximum Gasteiger partial charge on any atom is 0.376 e. The number of nitrogens with two attached hydrogens (primary N) is 1. The fourth-order valence-corrected chi connectivity index (χ4v) is 0.323. The van der Waals surface area contributed by atoms with E-state index in [9.17, 15) is 4.79 Å². The summed E-state index contributed by atoms with van der Waals surface area (Å²) in [7, 11) is 0. The van der Waals surface area contributed by atoms with Crippen molar-refractivity contribution in [2.75, 3.05) is 13.2 Å². The van der Waals surface area contributed by atoms with Crippen molar-refractivity contribution in [3.05, 3.63) is 0 Å². The van der Waals surface area contributed by atoms with Crippen molar-refractivity contribution in [1.82, 2.24) is 5.43 Å². The first-order valence-corrected chi connectivity index (χ1v) is 4.35. The van der Waals surface area contributed by atoms with Crippen LogP contribution in [0.4, 0.5) is 4.79 Å². The third-order valence-corrected chi connectivity index (χ3v) is 1.11. The summed E-state index contributed by atoms with van der Waals surface area (Å²) in [6, 6.07) is -0.726. The molecule has 1 aliphatic heterocycles. The Morgan fingerprint density at radius 2 is 2.27 bits per heavy atom. The second kappa shape index (κ2) is 11.9. The van der Waals surface area contributed by atoms with Crippen molar-refractivity contribution in [2.24, 2.45) is 16.2 Å². The van der Waals surface area contributed by atoms with Crippen LogP contribution in [-0.4, -0.2) is 54.9 Å². The minimum absolute atomic E-state index is 0. The largest absolute Gasteiger partial charge is 0.379 e. The zero-order chi connectivity index (χ0) is 10.8. The van der Waals surface area contributed by atoms with Crippen LogP contribution in [0.5, 0.6) is 0 Å². The molecule has 0 bridgehead atoms. The molecule has 15 heavy (non-hydrogen) atoms. The first kappa shape index (κ1) is 17.2. The maximum absolute atomic E-state index is 10.2. The van der Waals surface area contributed by atoms with Crippen LogP contribution in [0, 0.1) is 0 Å². The Hall–Kier alpha value is -0.210. The molecule has 1 saturated heterocycles. The number of nitrogens with zero attached hydrogens (tertiary/aromatic N) is 2. The minimum atomic E-state index is -0.726. The van der Waals surface area contributed by atoms with Gasteiger partial charge in [0.2, 0.25) is 0 Å². The Bertz CT molecular complexity index is 187. The first-order chi connectivity index (χ1) is 6.70. The number of hydrogen-bond acceptors (Lipinski definition) is 5. The number of rotatable bonds is 3. The van der Waals surface area contributed by atoms with Crippen molar-refractivity contribution < 1.29 is 14.4 Å². The Kier molecular flexibility index (Phi) is 13.6. The van der Waals surface area contributed by atoms with Crippen LogP contribution in [-0.2, 0) is 9.57 Å². The summed E-state index contributed by atoms with van der Waals surface area (Å²) in [6.07, 6.45) is 1.41. The fourth-order valence-electron chi connectivity index (χ4n) is 0.323. The zero-order valence-electron chi connectivity index (χ0n) is 9.40. The molecule has 1 unspecified atom stereocenters. The number of hydrogen-bond donors (Lipinski definition) is 2. The monoisotopic (exact) mass is 227 g/mol. The van der Waals surface area contributed by atoms with E-state index < -0.39 is 6.03 Å². The standard InChI is InChI=1S/C4H10N4O2.C3H6O.Na/c1-2-3-10-8-7-4(9)6-5;1-3-2-4-3;/h2-3,5H2,1H3,(H,6,9);3H,2H2,1H3;. The van der Waals surface area contributed by atoms with Crippen molar-refractivity contribution in [3.63, 3.8) is 0 Å². The molecule has 3 N–H and O–H groups in total. The van der Waals surface area contributed by atoms with Crippen molar-refractivity contribution >= 4 is 35.6 Å². The summed E-state index contributed by atoms with van der Waals surface area (Å²) in [6.45, 7) is 5.40. The molecule has 8 heteroatoms. The van der Waals surface area contributed by atoms with E-state index >= 15 is 0 Å². The number of epoxide rings is 1. The Labute approximate surface area is 111 Å². The van der Waals surface area contributed by atoms with Gasteiger partial charge in [0.25, 0.3) is 0 Å². The summed E-state index contributed by atoms with van der Waals surface area (Å²) in [4.78, 5) is 14.7. The second-order valence-corrected chi connectivity index (χ2v) is 2.61. The average molecular weight is 227 g/mol. The van der Waals surface area contributed by atoms with Crippen LogP contribution in [0.1, 0.15) is 20.3 Å². The minimum Gasteiger partial charge on any atom is -0.379 e. The Balaban J connectivity index is 0. The van der Waals surface area contributed by atoms with Crippen LogP contribution < -0.4 is 11.3 Å². The van der Waals surface area contributed by atoms with Crippen LogP contribution in [0.15, 0.2) is 10.4 Å². The first-order valence-electron chi connectivity index (χ1n) is 4.35. The number of nitrogens with one attached hydrogen (secondary N) is 1. The van der Waals surface area contributed by atoms with Gasteiger partial charge >= 0.3 is 6.03 Å². The number of carbonyl (C=O) groups excluding carboxylic acids is 1. The van der Waals surface area contributed by atoms with E-state index in [-0.39, 0.29) is 29.6 Å². The van der Waals surface area contributed by atoms with E-state index in [2.05, 4.69) is 28.0 Å². The van der Waals surface area contributed by atoms with Gasteiger partial charge in [-0.3, -0.25) is 5.43 Å². The van der Waals surface area contributed by atoms with Gasteiger partial charge in [-0.2, -0.15) is 0 Å². The number of urea groups is 1. The normalized spacial score (nSPS) is 17.1. The molecule has 1 fully saturated rings. The summed E-state index contributed by atoms with van der Waals surface area (Å²) in [5.41, 5.74) is 1.76. The maximum atomic E-state index is 10.2. The quantitative estimate of drug-likeness (QED) is 0.138. The Morgan fingerprint density at radius 3 is 2.60 bits per heavy atom. The van der Waals surface area contributed by atoms with Gasteiger partial charge in [-0.05, 0) is 13.3 Å². The van der Waals surface area contributed by atoms with Gasteiger partial charge < -0.3 is 9.57 Å². The van der Waals surface area contributed by atoms with Gasteiger partial charge in [-0.1, -0.05) is 12.0 Å². The number of ether oxygens (including phenoxy) is 1. The van der Waals surface area contributed by atoms with Gasteiger partial charge in [-0.15, -0.1) is 0 Å². The molecule has 2 amide bonds. The molecule has 1 radical (unpaired) electrons. The summed E-state index contributed by atoms with van der Waals surface area (Å²) >= 11 is 0. The molecule has 1 aliphatic rings. The molecule has 1 heterocycles. The molecule has 0 spiro atoms. The van der Waals surface area contributed by atoms with Gasteiger partial charge in [-0.25, -0.2) is 10.6 Å². The number of carbonyl (C=O) groups is 1. The molecule has 0 aromatic rings. The number of hydrazine groups is 1. The van der Waals surface area contributed by atoms with Crippen LogP contribution in [0.25, 0.3) is 0 Å². The van der Waals surface area contributed by atoms with E-state index in [4.69, 9.17) is 4.74 Å². The smallest absolute Gasteiger partial charge is 0.376 e. The summed E-state index contributed by atoms with van der Waals surface area (Å²) in [5, 5.41) is 6.07. The van der Waals surface area contributed by atoms with E-state index in [1.807, 2.05) is 6.92 Å². The van der Waals surface area contributed by atoms with Gasteiger partial charge in [0.15, 0.2) is 0 Å². The van der Waals surface area contributed by atoms with E-state index in [0.29, 0.717) is 12.7 Å². The predicted octanol–water partition coefficient (Wildman–Crippen LogP) is 0.388. The third-order valence-electron chi connectivity index (χ3n) is 1.11. The third kappa shape index (κ3) is 16.5. The molecule has 1 atom stereocenters. The summed E-state index contributed by atoms with van der Waals surface area (Å²) < 4.78 is 4.71. The number of amides is 2. The summed E-state index contributed by atoms with van der Waals surface area (Å²) in [5.74, 6) is 4.68. The fraction of sp³-hybridized carbons (Fsp3) is 0.857. The van der Waals surface area contributed by atoms with Crippen LogP contribution >= 0.6 is 0 Å². The SMILES string of the molecule is CC1CO1.CCCON=NC(=O)NN.[Na]. The van der Waals surface area contributed by atoms with Crippen LogP contribution in [0.2, 0.25) is 0 Å². The molecule has 7 nitrogen and oxygen atoms in total. The molecular formula is C7H16N4NaO3. The molecular weight excluding hydrogens is 211 g/mol. The Morgan fingerprint density at radius 1 is 1.73 bits per heavy atom.